The molecule has 0 amide bonds. The second-order valence-electron chi connectivity index (χ2n) is 5.22. The summed E-state index contributed by atoms with van der Waals surface area (Å²) in [6.07, 6.45) is 1.69. The molecule has 0 spiro atoms. The number of nitrogens with zero attached hydrogens (tertiary/aromatic N) is 1. The van der Waals surface area contributed by atoms with Crippen molar-refractivity contribution in [3.63, 3.8) is 0 Å². The van der Waals surface area contributed by atoms with Crippen LogP contribution in [0.4, 0.5) is 0 Å². The van der Waals surface area contributed by atoms with Crippen LogP contribution < -0.4 is 14.6 Å². The Hall–Kier alpha value is -2.78. The molecule has 0 radical (unpaired) electrons. The number of ether oxygens (including phenoxy) is 2. The van der Waals surface area contributed by atoms with Crippen LogP contribution in [0.2, 0.25) is 0 Å². The SMILES string of the molecule is CCOc1cc(OCC)c(/C=C(\C#N)c2ccc(C(=O)[O-])cc2)cc1Br. The average molecular weight is 415 g/mol. The Balaban J connectivity index is 2.48. The molecule has 26 heavy (non-hydrogen) atoms. The Morgan fingerprint density at radius 2 is 1.69 bits per heavy atom. The van der Waals surface area contributed by atoms with E-state index in [1.165, 1.54) is 12.1 Å². The van der Waals surface area contributed by atoms with Gasteiger partial charge in [0.2, 0.25) is 0 Å². The van der Waals surface area contributed by atoms with Crippen molar-refractivity contribution >= 4 is 33.5 Å². The Morgan fingerprint density at radius 3 is 2.23 bits per heavy atom. The molecule has 0 aromatic heterocycles. The van der Waals surface area contributed by atoms with Crippen LogP contribution >= 0.6 is 15.9 Å². The molecule has 0 aliphatic rings. The zero-order valence-corrected chi connectivity index (χ0v) is 16.0. The van der Waals surface area contributed by atoms with Gasteiger partial charge in [0.25, 0.3) is 0 Å². The summed E-state index contributed by atoms with van der Waals surface area (Å²) < 4.78 is 12.0. The number of aromatic carboxylic acids is 1. The van der Waals surface area contributed by atoms with Crippen LogP contribution in [0.15, 0.2) is 40.9 Å². The maximum atomic E-state index is 10.9. The maximum Gasteiger partial charge on any atom is 0.137 e. The predicted octanol–water partition coefficient (Wildman–Crippen LogP) is 3.67. The number of nitriles is 1. The minimum Gasteiger partial charge on any atom is -0.545 e. The molecule has 2 rings (SSSR count). The predicted molar refractivity (Wildman–Crippen MR) is 101 cm³/mol. The topological polar surface area (TPSA) is 82.4 Å². The number of benzene rings is 2. The van der Waals surface area contributed by atoms with Gasteiger partial charge in [0, 0.05) is 11.6 Å². The summed E-state index contributed by atoms with van der Waals surface area (Å²) >= 11 is 3.46. The number of halogens is 1. The van der Waals surface area contributed by atoms with Crippen LogP contribution in [0.1, 0.15) is 35.3 Å². The first-order chi connectivity index (χ1) is 12.5. The number of carboxylic acid groups (broad SMARTS) is 1. The van der Waals surface area contributed by atoms with Gasteiger partial charge in [-0.25, -0.2) is 0 Å². The second kappa shape index (κ2) is 9.07. The molecule has 2 aromatic rings. The van der Waals surface area contributed by atoms with Gasteiger partial charge in [-0.3, -0.25) is 0 Å². The first kappa shape index (κ1) is 19.5. The number of carboxylic acids is 1. The Bertz CT molecular complexity index is 867. The smallest absolute Gasteiger partial charge is 0.137 e. The number of hydrogen-bond acceptors (Lipinski definition) is 5. The maximum absolute atomic E-state index is 10.9. The Morgan fingerprint density at radius 1 is 1.12 bits per heavy atom. The minimum atomic E-state index is -1.26. The second-order valence-corrected chi connectivity index (χ2v) is 6.08. The molecule has 0 fully saturated rings. The third-order valence-corrected chi connectivity index (χ3v) is 4.14. The van der Waals surface area contributed by atoms with Crippen LogP contribution in [-0.4, -0.2) is 19.2 Å². The van der Waals surface area contributed by atoms with Crippen LogP contribution in [0.5, 0.6) is 11.5 Å². The molecule has 6 heteroatoms. The zero-order valence-electron chi connectivity index (χ0n) is 14.4. The zero-order chi connectivity index (χ0) is 19.1. The van der Waals surface area contributed by atoms with Crippen molar-refractivity contribution < 1.29 is 19.4 Å². The van der Waals surface area contributed by atoms with Gasteiger partial charge in [0.1, 0.15) is 11.5 Å². The van der Waals surface area contributed by atoms with Gasteiger partial charge in [-0.15, -0.1) is 0 Å². The highest BCUT2D eigenvalue weighted by Crippen LogP contribution is 2.35. The van der Waals surface area contributed by atoms with E-state index in [0.29, 0.717) is 41.4 Å². The molecule has 0 atom stereocenters. The lowest BCUT2D eigenvalue weighted by atomic mass is 10.0. The molecule has 0 bridgehead atoms. The molecule has 0 unspecified atom stereocenters. The van der Waals surface area contributed by atoms with E-state index in [1.54, 1.807) is 24.3 Å². The minimum absolute atomic E-state index is 0.0601. The molecule has 134 valence electrons. The number of carbonyl (C=O) groups excluding carboxylic acids is 1. The van der Waals surface area contributed by atoms with Crippen LogP contribution in [0.25, 0.3) is 11.6 Å². The number of hydrogen-bond donors (Lipinski definition) is 0. The van der Waals surface area contributed by atoms with Crippen molar-refractivity contribution in [3.8, 4) is 17.6 Å². The molecule has 0 N–H and O–H groups in total. The largest absolute Gasteiger partial charge is 0.545 e. The first-order valence-electron chi connectivity index (χ1n) is 8.02. The molecule has 5 nitrogen and oxygen atoms in total. The van der Waals surface area contributed by atoms with E-state index in [2.05, 4.69) is 22.0 Å². The number of allylic oxidation sites excluding steroid dienone is 1. The van der Waals surface area contributed by atoms with Gasteiger partial charge in [-0.1, -0.05) is 24.3 Å². The molecule has 0 saturated heterocycles. The lowest BCUT2D eigenvalue weighted by Crippen LogP contribution is -2.21. The van der Waals surface area contributed by atoms with Crippen LogP contribution in [0, 0.1) is 11.3 Å². The van der Waals surface area contributed by atoms with Crippen molar-refractivity contribution in [1.29, 1.82) is 5.26 Å². The molecule has 0 heterocycles. The van der Waals surface area contributed by atoms with Gasteiger partial charge in [0.05, 0.1) is 35.3 Å². The standard InChI is InChI=1S/C20H18BrNO4/c1-3-25-18-11-19(26-4-2)17(21)10-15(18)9-16(12-22)13-5-7-14(8-6-13)20(23)24/h5-11H,3-4H2,1-2H3,(H,23,24)/p-1/b16-9+. The monoisotopic (exact) mass is 414 g/mol. The lowest BCUT2D eigenvalue weighted by molar-refractivity contribution is -0.255. The van der Waals surface area contributed by atoms with Gasteiger partial charge >= 0.3 is 0 Å². The summed E-state index contributed by atoms with van der Waals surface area (Å²) in [6.45, 7) is 4.76. The quantitative estimate of drug-likeness (QED) is 0.509. The van der Waals surface area contributed by atoms with Crippen molar-refractivity contribution in [1.82, 2.24) is 0 Å². The summed E-state index contributed by atoms with van der Waals surface area (Å²) in [5.74, 6) is -0.00344. The highest BCUT2D eigenvalue weighted by molar-refractivity contribution is 9.10. The summed E-state index contributed by atoms with van der Waals surface area (Å²) in [7, 11) is 0. The van der Waals surface area contributed by atoms with E-state index in [-0.39, 0.29) is 5.56 Å². The molecule has 0 saturated carbocycles. The fourth-order valence-corrected chi connectivity index (χ4v) is 2.81. The highest BCUT2D eigenvalue weighted by atomic mass is 79.9. The van der Waals surface area contributed by atoms with E-state index < -0.39 is 5.97 Å². The van der Waals surface area contributed by atoms with E-state index >= 15 is 0 Å². The molecular formula is C20H17BrNO4-. The molecular weight excluding hydrogens is 398 g/mol. The van der Waals surface area contributed by atoms with Gasteiger partial charge < -0.3 is 19.4 Å². The third kappa shape index (κ3) is 4.64. The van der Waals surface area contributed by atoms with Gasteiger partial charge in [-0.05, 0) is 53.0 Å². The van der Waals surface area contributed by atoms with E-state index in [0.717, 1.165) is 4.47 Å². The summed E-state index contributed by atoms with van der Waals surface area (Å²) in [6, 6.07) is 11.7. The molecule has 0 aliphatic heterocycles. The molecule has 2 aromatic carbocycles. The van der Waals surface area contributed by atoms with Crippen molar-refractivity contribution in [2.45, 2.75) is 13.8 Å². The first-order valence-corrected chi connectivity index (χ1v) is 8.82. The number of rotatable bonds is 7. The fraction of sp³-hybridized carbons (Fsp3) is 0.200. The Kier molecular flexibility index (Phi) is 6.81. The van der Waals surface area contributed by atoms with Gasteiger partial charge in [-0.2, -0.15) is 5.26 Å². The number of carbonyl (C=O) groups is 1. The summed E-state index contributed by atoms with van der Waals surface area (Å²) in [4.78, 5) is 10.9. The fourth-order valence-electron chi connectivity index (χ4n) is 2.33. The summed E-state index contributed by atoms with van der Waals surface area (Å²) in [5, 5.41) is 20.4. The van der Waals surface area contributed by atoms with Crippen molar-refractivity contribution in [2.75, 3.05) is 13.2 Å². The highest BCUT2D eigenvalue weighted by Gasteiger charge is 2.11. The normalized spacial score (nSPS) is 10.9. The van der Waals surface area contributed by atoms with E-state index in [1.807, 2.05) is 19.9 Å². The van der Waals surface area contributed by atoms with Crippen molar-refractivity contribution in [3.05, 3.63) is 57.6 Å². The summed E-state index contributed by atoms with van der Waals surface area (Å²) in [5.41, 5.74) is 1.75. The lowest BCUT2D eigenvalue weighted by Gasteiger charge is -2.13. The average Bonchev–Trinajstić information content (AvgIpc) is 2.63. The Labute approximate surface area is 160 Å². The van der Waals surface area contributed by atoms with Crippen LogP contribution in [0.3, 0.4) is 0 Å². The van der Waals surface area contributed by atoms with Crippen LogP contribution in [-0.2, 0) is 0 Å². The van der Waals surface area contributed by atoms with Gasteiger partial charge in [0.15, 0.2) is 0 Å². The molecule has 0 aliphatic carbocycles. The van der Waals surface area contributed by atoms with E-state index in [4.69, 9.17) is 9.47 Å². The van der Waals surface area contributed by atoms with Crippen molar-refractivity contribution in [2.24, 2.45) is 0 Å². The van der Waals surface area contributed by atoms with E-state index in [9.17, 15) is 15.2 Å². The third-order valence-electron chi connectivity index (χ3n) is 3.52.